The molecule has 5 heteroatoms. The zero-order valence-electron chi connectivity index (χ0n) is 13.9. The lowest BCUT2D eigenvalue weighted by Gasteiger charge is -2.47. The summed E-state index contributed by atoms with van der Waals surface area (Å²) >= 11 is 0. The molecule has 0 aliphatic rings. The molecule has 0 bridgehead atoms. The van der Waals surface area contributed by atoms with E-state index in [1.807, 2.05) is 20.8 Å². The number of rotatable bonds is 4. The van der Waals surface area contributed by atoms with Crippen molar-refractivity contribution in [2.75, 3.05) is 0 Å². The standard InChI is InChI=1S/C14H31NO3Si/c1-10(18-19(8,9)13(5,6)7)14(15,11(16)17)12(2,3)4/h10H,15H2,1-9H3,(H,16,17)/t10-,14+/m0/s1. The van der Waals surface area contributed by atoms with Gasteiger partial charge in [-0.3, -0.25) is 4.79 Å². The smallest absolute Gasteiger partial charge is 0.326 e. The zero-order chi connectivity index (χ0) is 15.9. The third-order valence-electron chi connectivity index (χ3n) is 4.51. The predicted octanol–water partition coefficient (Wildman–Crippen LogP) is 3.22. The van der Waals surface area contributed by atoms with E-state index >= 15 is 0 Å². The highest BCUT2D eigenvalue weighted by molar-refractivity contribution is 6.74. The molecular weight excluding hydrogens is 258 g/mol. The molecule has 0 aromatic rings. The molecule has 0 saturated heterocycles. The number of aliphatic carboxylic acids is 1. The van der Waals surface area contributed by atoms with Crippen LogP contribution in [0.1, 0.15) is 48.5 Å². The number of hydrogen-bond donors (Lipinski definition) is 2. The zero-order valence-corrected chi connectivity index (χ0v) is 14.9. The van der Waals surface area contributed by atoms with Crippen LogP contribution in [0, 0.1) is 5.41 Å². The van der Waals surface area contributed by atoms with Crippen molar-refractivity contribution in [3.05, 3.63) is 0 Å². The maximum absolute atomic E-state index is 11.7. The van der Waals surface area contributed by atoms with Gasteiger partial charge in [0.15, 0.2) is 8.32 Å². The number of carboxylic acids is 1. The minimum Gasteiger partial charge on any atom is -0.480 e. The van der Waals surface area contributed by atoms with E-state index in [-0.39, 0.29) is 5.04 Å². The number of hydrogen-bond acceptors (Lipinski definition) is 3. The largest absolute Gasteiger partial charge is 0.480 e. The lowest BCUT2D eigenvalue weighted by Crippen LogP contribution is -2.67. The maximum Gasteiger partial charge on any atom is 0.326 e. The molecule has 0 aliphatic carbocycles. The van der Waals surface area contributed by atoms with Crippen molar-refractivity contribution < 1.29 is 14.3 Å². The van der Waals surface area contributed by atoms with Crippen molar-refractivity contribution in [1.29, 1.82) is 0 Å². The third kappa shape index (κ3) is 3.58. The fraction of sp³-hybridized carbons (Fsp3) is 0.929. The van der Waals surface area contributed by atoms with Crippen LogP contribution in [0.5, 0.6) is 0 Å². The molecule has 0 unspecified atom stereocenters. The van der Waals surface area contributed by atoms with Crippen LogP contribution in [-0.4, -0.2) is 31.0 Å². The second kappa shape index (κ2) is 5.18. The van der Waals surface area contributed by atoms with Crippen molar-refractivity contribution >= 4 is 14.3 Å². The Hall–Kier alpha value is -0.393. The maximum atomic E-state index is 11.7. The quantitative estimate of drug-likeness (QED) is 0.779. The van der Waals surface area contributed by atoms with Crippen LogP contribution in [0.4, 0.5) is 0 Å². The van der Waals surface area contributed by atoms with Crippen molar-refractivity contribution in [2.45, 2.75) is 78.2 Å². The van der Waals surface area contributed by atoms with E-state index in [0.717, 1.165) is 0 Å². The monoisotopic (exact) mass is 289 g/mol. The molecule has 0 aliphatic heterocycles. The summed E-state index contributed by atoms with van der Waals surface area (Å²) in [5.74, 6) is -1.01. The highest BCUT2D eigenvalue weighted by Gasteiger charge is 2.53. The first-order valence-electron chi connectivity index (χ1n) is 6.77. The fourth-order valence-corrected chi connectivity index (χ4v) is 3.24. The van der Waals surface area contributed by atoms with Gasteiger partial charge in [0.25, 0.3) is 0 Å². The Kier molecular flexibility index (Phi) is 5.08. The van der Waals surface area contributed by atoms with Crippen molar-refractivity contribution in [1.82, 2.24) is 0 Å². The first kappa shape index (κ1) is 18.6. The van der Waals surface area contributed by atoms with E-state index in [1.165, 1.54) is 0 Å². The van der Waals surface area contributed by atoms with E-state index in [2.05, 4.69) is 33.9 Å². The Bertz CT molecular complexity index is 342. The second-order valence-electron chi connectivity index (χ2n) is 7.94. The Morgan fingerprint density at radius 1 is 1.16 bits per heavy atom. The van der Waals surface area contributed by atoms with E-state index < -0.39 is 31.3 Å². The van der Waals surface area contributed by atoms with Gasteiger partial charge in [-0.2, -0.15) is 0 Å². The second-order valence-corrected chi connectivity index (χ2v) is 12.7. The molecule has 0 aromatic heterocycles. The first-order valence-corrected chi connectivity index (χ1v) is 9.68. The molecule has 4 nitrogen and oxygen atoms in total. The van der Waals surface area contributed by atoms with E-state index in [1.54, 1.807) is 6.92 Å². The van der Waals surface area contributed by atoms with Crippen LogP contribution < -0.4 is 5.73 Å². The molecule has 0 saturated carbocycles. The van der Waals surface area contributed by atoms with Gasteiger partial charge in [-0.25, -0.2) is 0 Å². The van der Waals surface area contributed by atoms with Gasteiger partial charge in [0.2, 0.25) is 0 Å². The molecule has 0 amide bonds. The first-order chi connectivity index (χ1) is 8.07. The third-order valence-corrected chi connectivity index (χ3v) is 9.07. The number of carboxylic acid groups (broad SMARTS) is 1. The van der Waals surface area contributed by atoms with Crippen LogP contribution in [0.2, 0.25) is 18.1 Å². The summed E-state index contributed by atoms with van der Waals surface area (Å²) in [6.07, 6.45) is -0.536. The highest BCUT2D eigenvalue weighted by atomic mass is 28.4. The summed E-state index contributed by atoms with van der Waals surface area (Å²) in [4.78, 5) is 11.7. The van der Waals surface area contributed by atoms with Crippen LogP contribution in [0.25, 0.3) is 0 Å². The predicted molar refractivity (Wildman–Crippen MR) is 81.8 cm³/mol. The molecule has 114 valence electrons. The molecule has 0 rings (SSSR count). The lowest BCUT2D eigenvalue weighted by atomic mass is 9.71. The van der Waals surface area contributed by atoms with Gasteiger partial charge in [-0.15, -0.1) is 0 Å². The minimum atomic E-state index is -2.05. The summed E-state index contributed by atoms with van der Waals surface area (Å²) in [6.45, 7) is 17.9. The average molecular weight is 289 g/mol. The van der Waals surface area contributed by atoms with Crippen molar-refractivity contribution in [3.63, 3.8) is 0 Å². The molecule has 19 heavy (non-hydrogen) atoms. The average Bonchev–Trinajstić information content (AvgIpc) is 2.11. The molecule has 2 atom stereocenters. The summed E-state index contributed by atoms with van der Waals surface area (Å²) in [6, 6.07) is 0. The van der Waals surface area contributed by atoms with Crippen molar-refractivity contribution in [3.8, 4) is 0 Å². The van der Waals surface area contributed by atoms with Gasteiger partial charge in [-0.1, -0.05) is 41.5 Å². The molecule has 0 fully saturated rings. The Balaban J connectivity index is 5.40. The van der Waals surface area contributed by atoms with E-state index in [4.69, 9.17) is 10.2 Å². The van der Waals surface area contributed by atoms with Gasteiger partial charge in [0.05, 0.1) is 6.10 Å². The Morgan fingerprint density at radius 2 is 1.53 bits per heavy atom. The Morgan fingerprint density at radius 3 is 1.74 bits per heavy atom. The van der Waals surface area contributed by atoms with E-state index in [9.17, 15) is 9.90 Å². The highest BCUT2D eigenvalue weighted by Crippen LogP contribution is 2.40. The molecule has 0 heterocycles. The summed E-state index contributed by atoms with van der Waals surface area (Å²) < 4.78 is 6.19. The van der Waals surface area contributed by atoms with Gasteiger partial charge >= 0.3 is 5.97 Å². The molecule has 0 radical (unpaired) electrons. The molecule has 3 N–H and O–H groups in total. The van der Waals surface area contributed by atoms with Gasteiger partial charge in [0.1, 0.15) is 5.54 Å². The summed E-state index contributed by atoms with van der Waals surface area (Å²) in [7, 11) is -2.05. The lowest BCUT2D eigenvalue weighted by molar-refractivity contribution is -0.153. The van der Waals surface area contributed by atoms with Gasteiger partial charge in [0, 0.05) is 0 Å². The number of nitrogens with two attached hydrogens (primary N) is 1. The Labute approximate surface area is 118 Å². The fourth-order valence-electron chi connectivity index (χ4n) is 1.82. The molecule has 0 aromatic carbocycles. The molecular formula is C14H31NO3Si. The SMILES string of the molecule is C[C@H](O[Si](C)(C)C(C)(C)C)[C@@](N)(C(=O)O)C(C)(C)C. The van der Waals surface area contributed by atoms with E-state index in [0.29, 0.717) is 0 Å². The summed E-state index contributed by atoms with van der Waals surface area (Å²) in [5.41, 5.74) is 4.23. The summed E-state index contributed by atoms with van der Waals surface area (Å²) in [5, 5.41) is 9.57. The minimum absolute atomic E-state index is 0.0263. The van der Waals surface area contributed by atoms with Gasteiger partial charge < -0.3 is 15.3 Å². The normalized spacial score (nSPS) is 18.8. The molecule has 0 spiro atoms. The van der Waals surface area contributed by atoms with Crippen LogP contribution >= 0.6 is 0 Å². The van der Waals surface area contributed by atoms with Gasteiger partial charge in [-0.05, 0) is 30.5 Å². The van der Waals surface area contributed by atoms with Crippen LogP contribution in [-0.2, 0) is 9.22 Å². The topological polar surface area (TPSA) is 72.5 Å². The van der Waals surface area contributed by atoms with Crippen LogP contribution in [0.3, 0.4) is 0 Å². The number of carbonyl (C=O) groups is 1. The van der Waals surface area contributed by atoms with Crippen molar-refractivity contribution in [2.24, 2.45) is 11.1 Å². The van der Waals surface area contributed by atoms with Crippen LogP contribution in [0.15, 0.2) is 0 Å².